The van der Waals surface area contributed by atoms with Gasteiger partial charge in [-0.05, 0) is 39.0 Å². The summed E-state index contributed by atoms with van der Waals surface area (Å²) < 4.78 is 1.94. The van der Waals surface area contributed by atoms with E-state index in [2.05, 4.69) is 5.10 Å². The number of hydrogen-bond donors (Lipinski definition) is 1. The van der Waals surface area contributed by atoms with Crippen molar-refractivity contribution in [3.63, 3.8) is 0 Å². The number of aliphatic hydroxyl groups excluding tert-OH is 1. The van der Waals surface area contributed by atoms with Gasteiger partial charge in [-0.1, -0.05) is 0 Å². The molecule has 5 nitrogen and oxygen atoms in total. The molecule has 1 aromatic heterocycles. The second-order valence-electron chi connectivity index (χ2n) is 5.84. The van der Waals surface area contributed by atoms with Crippen LogP contribution in [0.3, 0.4) is 0 Å². The van der Waals surface area contributed by atoms with Gasteiger partial charge in [-0.25, -0.2) is 0 Å². The monoisotopic (exact) mass is 277 g/mol. The summed E-state index contributed by atoms with van der Waals surface area (Å²) >= 11 is 0. The molecule has 110 valence electrons. The number of hydrogen-bond acceptors (Lipinski definition) is 3. The minimum absolute atomic E-state index is 0.0576. The molecule has 3 rings (SSSR count). The third-order valence-electron chi connectivity index (χ3n) is 4.47. The number of aliphatic hydroxyl groups is 1. The molecule has 5 heteroatoms. The fourth-order valence-corrected chi connectivity index (χ4v) is 3.35. The smallest absolute Gasteiger partial charge is 0.274 e. The second-order valence-corrected chi connectivity index (χ2v) is 5.84. The lowest BCUT2D eigenvalue weighted by Crippen LogP contribution is -2.36. The summed E-state index contributed by atoms with van der Waals surface area (Å²) in [5.74, 6) is 0.0576. The Balaban J connectivity index is 1.92. The van der Waals surface area contributed by atoms with Gasteiger partial charge in [0.25, 0.3) is 5.91 Å². The second kappa shape index (κ2) is 5.56. The molecule has 0 bridgehead atoms. The fraction of sp³-hybridized carbons (Fsp3) is 0.733. The molecule has 0 radical (unpaired) electrons. The largest absolute Gasteiger partial charge is 0.393 e. The number of fused-ring (bicyclic) bond motifs is 1. The number of aromatic nitrogens is 2. The standard InChI is InChI=1S/C15H23N3O2/c1-2-18-13-7-6-11(19)10-12(13)14(16-18)15(20)17-8-4-3-5-9-17/h11,19H,2-10H2,1H3. The van der Waals surface area contributed by atoms with E-state index in [9.17, 15) is 9.90 Å². The van der Waals surface area contributed by atoms with Gasteiger partial charge in [0.15, 0.2) is 5.69 Å². The Labute approximate surface area is 119 Å². The van der Waals surface area contributed by atoms with E-state index in [4.69, 9.17) is 0 Å². The molecular formula is C15H23N3O2. The summed E-state index contributed by atoms with van der Waals surface area (Å²) in [4.78, 5) is 14.6. The van der Waals surface area contributed by atoms with E-state index in [0.717, 1.165) is 56.6 Å². The highest BCUT2D eigenvalue weighted by Crippen LogP contribution is 2.26. The van der Waals surface area contributed by atoms with Crippen LogP contribution in [0.15, 0.2) is 0 Å². The number of aryl methyl sites for hydroxylation is 1. The molecule has 2 heterocycles. The van der Waals surface area contributed by atoms with Gasteiger partial charge in [-0.2, -0.15) is 5.10 Å². The van der Waals surface area contributed by atoms with Crippen LogP contribution in [-0.2, 0) is 19.4 Å². The van der Waals surface area contributed by atoms with Crippen molar-refractivity contribution in [1.82, 2.24) is 14.7 Å². The number of rotatable bonds is 2. The molecule has 2 aliphatic rings. The molecule has 1 aliphatic heterocycles. The van der Waals surface area contributed by atoms with Crippen LogP contribution >= 0.6 is 0 Å². The lowest BCUT2D eigenvalue weighted by molar-refractivity contribution is 0.0715. The fourth-order valence-electron chi connectivity index (χ4n) is 3.35. The van der Waals surface area contributed by atoms with E-state index in [-0.39, 0.29) is 12.0 Å². The first-order valence-electron chi connectivity index (χ1n) is 7.76. The highest BCUT2D eigenvalue weighted by molar-refractivity contribution is 5.94. The van der Waals surface area contributed by atoms with Gasteiger partial charge < -0.3 is 10.0 Å². The van der Waals surface area contributed by atoms with Crippen LogP contribution in [-0.4, -0.2) is 44.9 Å². The zero-order valence-electron chi connectivity index (χ0n) is 12.1. The molecule has 0 aromatic carbocycles. The quantitative estimate of drug-likeness (QED) is 0.888. The molecule has 1 aliphatic carbocycles. The molecular weight excluding hydrogens is 254 g/mol. The summed E-state index contributed by atoms with van der Waals surface area (Å²) in [6, 6.07) is 0. The van der Waals surface area contributed by atoms with Gasteiger partial charge in [0.2, 0.25) is 0 Å². The van der Waals surface area contributed by atoms with Gasteiger partial charge >= 0.3 is 0 Å². The molecule has 1 N–H and O–H groups in total. The first-order valence-corrected chi connectivity index (χ1v) is 7.76. The molecule has 1 amide bonds. The van der Waals surface area contributed by atoms with Crippen molar-refractivity contribution in [1.29, 1.82) is 0 Å². The minimum Gasteiger partial charge on any atom is -0.393 e. The predicted molar refractivity (Wildman–Crippen MR) is 75.7 cm³/mol. The Hall–Kier alpha value is -1.36. The van der Waals surface area contributed by atoms with Crippen LogP contribution in [0.1, 0.15) is 54.4 Å². The van der Waals surface area contributed by atoms with E-state index < -0.39 is 0 Å². The van der Waals surface area contributed by atoms with Gasteiger partial charge in [0.1, 0.15) is 0 Å². The lowest BCUT2D eigenvalue weighted by Gasteiger charge is -2.26. The maximum absolute atomic E-state index is 12.7. The topological polar surface area (TPSA) is 58.4 Å². The molecule has 1 unspecified atom stereocenters. The van der Waals surface area contributed by atoms with Crippen LogP contribution in [0.25, 0.3) is 0 Å². The first-order chi connectivity index (χ1) is 9.70. The first kappa shape index (κ1) is 13.6. The van der Waals surface area contributed by atoms with Crippen molar-refractivity contribution in [3.8, 4) is 0 Å². The van der Waals surface area contributed by atoms with E-state index in [1.54, 1.807) is 0 Å². The Morgan fingerprint density at radius 3 is 2.80 bits per heavy atom. The van der Waals surface area contributed by atoms with Crippen molar-refractivity contribution < 1.29 is 9.90 Å². The molecule has 1 saturated heterocycles. The summed E-state index contributed by atoms with van der Waals surface area (Å²) in [7, 11) is 0. The van der Waals surface area contributed by atoms with Gasteiger partial charge in [-0.15, -0.1) is 0 Å². The van der Waals surface area contributed by atoms with Crippen molar-refractivity contribution >= 4 is 5.91 Å². The normalized spacial score (nSPS) is 22.7. The van der Waals surface area contributed by atoms with Crippen LogP contribution < -0.4 is 0 Å². The van der Waals surface area contributed by atoms with Crippen LogP contribution in [0.2, 0.25) is 0 Å². The average molecular weight is 277 g/mol. The zero-order chi connectivity index (χ0) is 14.1. The maximum atomic E-state index is 12.7. The number of likely N-dealkylation sites (tertiary alicyclic amines) is 1. The summed E-state index contributed by atoms with van der Waals surface area (Å²) in [5, 5.41) is 14.4. The summed E-state index contributed by atoms with van der Waals surface area (Å²) in [6.45, 7) is 4.52. The third-order valence-corrected chi connectivity index (χ3v) is 4.47. The SMILES string of the molecule is CCn1nc(C(=O)N2CCCCC2)c2c1CCC(O)C2. The molecule has 0 saturated carbocycles. The zero-order valence-corrected chi connectivity index (χ0v) is 12.1. The number of nitrogens with zero attached hydrogens (tertiary/aromatic N) is 3. The molecule has 1 aromatic rings. The Morgan fingerprint density at radius 1 is 1.35 bits per heavy atom. The van der Waals surface area contributed by atoms with Crippen molar-refractivity contribution in [2.45, 2.75) is 58.1 Å². The maximum Gasteiger partial charge on any atom is 0.274 e. The van der Waals surface area contributed by atoms with Gasteiger partial charge in [0, 0.05) is 37.3 Å². The highest BCUT2D eigenvalue weighted by Gasteiger charge is 2.30. The molecule has 0 spiro atoms. The van der Waals surface area contributed by atoms with Crippen LogP contribution in [0, 0.1) is 0 Å². The van der Waals surface area contributed by atoms with E-state index in [0.29, 0.717) is 12.1 Å². The van der Waals surface area contributed by atoms with Gasteiger partial charge in [0.05, 0.1) is 6.10 Å². The summed E-state index contributed by atoms with van der Waals surface area (Å²) in [5.41, 5.74) is 2.72. The highest BCUT2D eigenvalue weighted by atomic mass is 16.3. The van der Waals surface area contributed by atoms with E-state index in [1.807, 2.05) is 16.5 Å². The number of carbonyl (C=O) groups excluding carboxylic acids is 1. The van der Waals surface area contributed by atoms with Crippen LogP contribution in [0.5, 0.6) is 0 Å². The lowest BCUT2D eigenvalue weighted by atomic mass is 9.93. The molecule has 1 fully saturated rings. The number of carbonyl (C=O) groups is 1. The average Bonchev–Trinajstić information content (AvgIpc) is 2.85. The number of amides is 1. The predicted octanol–water partition coefficient (Wildman–Crippen LogP) is 1.38. The third kappa shape index (κ3) is 2.35. The van der Waals surface area contributed by atoms with Crippen molar-refractivity contribution in [2.75, 3.05) is 13.1 Å². The van der Waals surface area contributed by atoms with Crippen molar-refractivity contribution in [2.24, 2.45) is 0 Å². The molecule has 1 atom stereocenters. The van der Waals surface area contributed by atoms with Crippen molar-refractivity contribution in [3.05, 3.63) is 17.0 Å². The Bertz CT molecular complexity index is 503. The Kier molecular flexibility index (Phi) is 3.78. The van der Waals surface area contributed by atoms with Gasteiger partial charge in [-0.3, -0.25) is 9.48 Å². The van der Waals surface area contributed by atoms with E-state index >= 15 is 0 Å². The number of piperidine rings is 1. The summed E-state index contributed by atoms with van der Waals surface area (Å²) in [6.07, 6.45) is 5.23. The van der Waals surface area contributed by atoms with Crippen LogP contribution in [0.4, 0.5) is 0 Å². The molecule has 20 heavy (non-hydrogen) atoms. The Morgan fingerprint density at radius 2 is 2.10 bits per heavy atom. The van der Waals surface area contributed by atoms with E-state index in [1.165, 1.54) is 6.42 Å². The minimum atomic E-state index is -0.329.